The minimum absolute atomic E-state index is 0.0924. The third-order valence-electron chi connectivity index (χ3n) is 5.28. The lowest BCUT2D eigenvalue weighted by Crippen LogP contribution is -2.17. The van der Waals surface area contributed by atoms with Gasteiger partial charge >= 0.3 is 0 Å². The van der Waals surface area contributed by atoms with Crippen molar-refractivity contribution < 1.29 is 23.1 Å². The summed E-state index contributed by atoms with van der Waals surface area (Å²) in [5, 5.41) is 5.40. The highest BCUT2D eigenvalue weighted by Gasteiger charge is 2.14. The lowest BCUT2D eigenvalue weighted by atomic mass is 10.0. The molecular formula is C26H22F2N6O3. The van der Waals surface area contributed by atoms with Crippen LogP contribution in [0.1, 0.15) is 28.0 Å². The summed E-state index contributed by atoms with van der Waals surface area (Å²) in [5.74, 6) is -0.464. The Labute approximate surface area is 211 Å². The predicted octanol–water partition coefficient (Wildman–Crippen LogP) is 4.68. The van der Waals surface area contributed by atoms with Crippen molar-refractivity contribution in [2.24, 2.45) is 0 Å². The zero-order chi connectivity index (χ0) is 26.4. The second-order valence-corrected chi connectivity index (χ2v) is 7.96. The molecule has 0 radical (unpaired) electrons. The van der Waals surface area contributed by atoms with E-state index in [1.807, 2.05) is 13.0 Å². The van der Waals surface area contributed by atoms with Crippen LogP contribution in [0, 0.1) is 6.92 Å². The van der Waals surface area contributed by atoms with Gasteiger partial charge in [-0.3, -0.25) is 19.6 Å². The summed E-state index contributed by atoms with van der Waals surface area (Å²) in [6.45, 7) is 1.81. The van der Waals surface area contributed by atoms with Gasteiger partial charge in [-0.25, -0.2) is 18.7 Å². The summed E-state index contributed by atoms with van der Waals surface area (Å²) < 4.78 is 30.3. The molecule has 4 rings (SSSR count). The molecule has 11 heteroatoms. The van der Waals surface area contributed by atoms with Crippen molar-refractivity contribution in [2.45, 2.75) is 13.3 Å². The molecule has 0 unspecified atom stereocenters. The largest absolute Gasteiger partial charge is 0.375 e. The number of pyridine rings is 2. The molecule has 2 N–H and O–H groups in total. The van der Waals surface area contributed by atoms with Crippen LogP contribution in [-0.2, 0) is 9.53 Å². The highest BCUT2D eigenvalue weighted by atomic mass is 19.3. The van der Waals surface area contributed by atoms with Crippen LogP contribution < -0.4 is 10.6 Å². The molecular weight excluding hydrogens is 482 g/mol. The van der Waals surface area contributed by atoms with Crippen molar-refractivity contribution in [1.29, 1.82) is 0 Å². The Balaban J connectivity index is 1.57. The van der Waals surface area contributed by atoms with E-state index in [0.717, 1.165) is 23.4 Å². The number of nitrogens with zero attached hydrogens (tertiary/aromatic N) is 4. The number of nitrogens with one attached hydrogen (secondary N) is 2. The van der Waals surface area contributed by atoms with Gasteiger partial charge in [-0.2, -0.15) is 0 Å². The van der Waals surface area contributed by atoms with Crippen molar-refractivity contribution in [3.05, 3.63) is 84.1 Å². The van der Waals surface area contributed by atoms with E-state index in [2.05, 4.69) is 25.6 Å². The van der Waals surface area contributed by atoms with Crippen molar-refractivity contribution in [2.75, 3.05) is 24.4 Å². The second-order valence-electron chi connectivity index (χ2n) is 7.96. The molecule has 0 saturated carbocycles. The van der Waals surface area contributed by atoms with E-state index < -0.39 is 18.0 Å². The monoisotopic (exact) mass is 504 g/mol. The van der Waals surface area contributed by atoms with Gasteiger partial charge in [0.1, 0.15) is 18.1 Å². The van der Waals surface area contributed by atoms with Crippen LogP contribution in [-0.4, -0.2) is 45.5 Å². The number of hydrogen-bond acceptors (Lipinski definition) is 7. The number of aryl methyl sites for hydroxylation is 1. The minimum atomic E-state index is -2.71. The maximum Gasteiger partial charge on any atom is 0.280 e. The van der Waals surface area contributed by atoms with Crippen molar-refractivity contribution in [1.82, 2.24) is 19.9 Å². The topological polar surface area (TPSA) is 119 Å². The normalized spacial score (nSPS) is 10.8. The van der Waals surface area contributed by atoms with E-state index in [9.17, 15) is 18.4 Å². The average Bonchev–Trinajstić information content (AvgIpc) is 2.90. The van der Waals surface area contributed by atoms with Gasteiger partial charge < -0.3 is 15.4 Å². The third-order valence-corrected chi connectivity index (χ3v) is 5.28. The van der Waals surface area contributed by atoms with Crippen molar-refractivity contribution in [3.63, 3.8) is 0 Å². The lowest BCUT2D eigenvalue weighted by molar-refractivity contribution is -0.119. The van der Waals surface area contributed by atoms with E-state index in [4.69, 9.17) is 9.72 Å². The van der Waals surface area contributed by atoms with Gasteiger partial charge in [0.25, 0.3) is 18.2 Å². The van der Waals surface area contributed by atoms with Crippen LogP contribution in [0.2, 0.25) is 0 Å². The SMILES string of the molecule is COCC(=O)Nc1cc(-c2cncc(-c3cc(NC(=O)c4ccc(C(F)F)nc4)ccc3C)n2)ccn1. The van der Waals surface area contributed by atoms with Crippen LogP contribution in [0.5, 0.6) is 0 Å². The number of ether oxygens (including phenoxy) is 1. The summed E-state index contributed by atoms with van der Waals surface area (Å²) in [5.41, 5.74) is 3.69. The van der Waals surface area contributed by atoms with Gasteiger partial charge in [-0.15, -0.1) is 0 Å². The quantitative estimate of drug-likeness (QED) is 0.357. The third kappa shape index (κ3) is 6.33. The van der Waals surface area contributed by atoms with Gasteiger partial charge in [0.2, 0.25) is 0 Å². The maximum absolute atomic E-state index is 12.7. The van der Waals surface area contributed by atoms with Gasteiger partial charge in [-0.05, 0) is 48.9 Å². The second kappa shape index (κ2) is 11.4. The fourth-order valence-electron chi connectivity index (χ4n) is 3.45. The number of halogens is 2. The number of carbonyl (C=O) groups excluding carboxylic acids is 2. The lowest BCUT2D eigenvalue weighted by Gasteiger charge is -2.11. The molecule has 0 atom stereocenters. The average molecular weight is 504 g/mol. The Hall–Kier alpha value is -4.64. The predicted molar refractivity (Wildman–Crippen MR) is 133 cm³/mol. The van der Waals surface area contributed by atoms with Gasteiger partial charge in [0.15, 0.2) is 0 Å². The van der Waals surface area contributed by atoms with E-state index in [1.165, 1.54) is 13.2 Å². The first-order valence-corrected chi connectivity index (χ1v) is 11.1. The van der Waals surface area contributed by atoms with Crippen LogP contribution >= 0.6 is 0 Å². The first kappa shape index (κ1) is 25.5. The number of carbonyl (C=O) groups is 2. The molecule has 2 amide bonds. The molecule has 0 spiro atoms. The number of benzene rings is 1. The Bertz CT molecular complexity index is 1430. The molecule has 9 nitrogen and oxygen atoms in total. The van der Waals surface area contributed by atoms with Gasteiger partial charge in [-0.1, -0.05) is 6.07 Å². The molecule has 0 aliphatic carbocycles. The molecule has 0 aliphatic rings. The fraction of sp³-hybridized carbons (Fsp3) is 0.154. The van der Waals surface area contributed by atoms with Crippen molar-refractivity contribution in [3.8, 4) is 22.5 Å². The molecule has 1 aromatic carbocycles. The number of aromatic nitrogens is 4. The van der Waals surface area contributed by atoms with Gasteiger partial charge in [0, 0.05) is 36.3 Å². The molecule has 3 aromatic heterocycles. The highest BCUT2D eigenvalue weighted by Crippen LogP contribution is 2.28. The van der Waals surface area contributed by atoms with Gasteiger partial charge in [0.05, 0.1) is 29.3 Å². The van der Waals surface area contributed by atoms with E-state index >= 15 is 0 Å². The summed E-state index contributed by atoms with van der Waals surface area (Å²) in [6, 6.07) is 11.2. The maximum atomic E-state index is 12.7. The molecule has 37 heavy (non-hydrogen) atoms. The molecule has 188 valence electrons. The summed E-state index contributed by atoms with van der Waals surface area (Å²) in [4.78, 5) is 41.2. The smallest absolute Gasteiger partial charge is 0.280 e. The number of methoxy groups -OCH3 is 1. The first-order valence-electron chi connectivity index (χ1n) is 11.1. The zero-order valence-electron chi connectivity index (χ0n) is 19.9. The molecule has 4 aromatic rings. The fourth-order valence-corrected chi connectivity index (χ4v) is 3.45. The highest BCUT2D eigenvalue weighted by molar-refractivity contribution is 6.04. The van der Waals surface area contributed by atoms with Crippen LogP contribution in [0.15, 0.2) is 67.3 Å². The zero-order valence-corrected chi connectivity index (χ0v) is 19.9. The van der Waals surface area contributed by atoms with Crippen LogP contribution in [0.4, 0.5) is 20.3 Å². The summed E-state index contributed by atoms with van der Waals surface area (Å²) in [7, 11) is 1.43. The first-order chi connectivity index (χ1) is 17.8. The standard InChI is InChI=1S/C26H22F2N6O3/c1-15-3-5-18(32-26(36)17-4-6-20(25(27)28)31-11-17)10-19(15)22-13-29-12-21(33-22)16-7-8-30-23(9-16)34-24(35)14-37-2/h3-13,25H,14H2,1-2H3,(H,32,36)(H,30,34,35). The number of amides is 2. The Morgan fingerprint density at radius 3 is 2.51 bits per heavy atom. The number of anilines is 2. The summed E-state index contributed by atoms with van der Waals surface area (Å²) in [6.07, 6.45) is 3.16. The van der Waals surface area contributed by atoms with Crippen molar-refractivity contribution >= 4 is 23.3 Å². The van der Waals surface area contributed by atoms with Crippen LogP contribution in [0.3, 0.4) is 0 Å². The molecule has 0 bridgehead atoms. The van der Waals surface area contributed by atoms with E-state index in [-0.39, 0.29) is 18.1 Å². The van der Waals surface area contributed by atoms with E-state index in [1.54, 1.807) is 42.9 Å². The molecule has 0 aliphatic heterocycles. The molecule has 0 fully saturated rings. The molecule has 3 heterocycles. The Kier molecular flexibility index (Phi) is 7.84. The number of alkyl halides is 2. The minimum Gasteiger partial charge on any atom is -0.375 e. The summed E-state index contributed by atoms with van der Waals surface area (Å²) >= 11 is 0. The number of rotatable bonds is 8. The van der Waals surface area contributed by atoms with E-state index in [0.29, 0.717) is 28.5 Å². The molecule has 0 saturated heterocycles. The number of hydrogen-bond donors (Lipinski definition) is 2. The van der Waals surface area contributed by atoms with Crippen LogP contribution in [0.25, 0.3) is 22.5 Å². The Morgan fingerprint density at radius 1 is 0.973 bits per heavy atom. The Morgan fingerprint density at radius 2 is 1.78 bits per heavy atom.